The molecule has 4 nitrogen and oxygen atoms in total. The highest BCUT2D eigenvalue weighted by atomic mass is 79.9. The third kappa shape index (κ3) is 2.76. The Bertz CT molecular complexity index is 670. The van der Waals surface area contributed by atoms with Crippen LogP contribution < -0.4 is 11.1 Å². The van der Waals surface area contributed by atoms with Crippen LogP contribution in [-0.4, -0.2) is 5.91 Å². The zero-order valence-electron chi connectivity index (χ0n) is 11.3. The van der Waals surface area contributed by atoms with E-state index in [0.29, 0.717) is 27.2 Å². The van der Waals surface area contributed by atoms with Gasteiger partial charge in [0.25, 0.3) is 5.91 Å². The number of halogens is 2. The summed E-state index contributed by atoms with van der Waals surface area (Å²) in [6, 6.07) is 3.56. The summed E-state index contributed by atoms with van der Waals surface area (Å²) in [6.07, 6.45) is 0. The highest BCUT2D eigenvalue weighted by Crippen LogP contribution is 2.33. The van der Waals surface area contributed by atoms with Gasteiger partial charge in [-0.15, -0.1) is 0 Å². The summed E-state index contributed by atoms with van der Waals surface area (Å²) < 4.78 is 7.03. The minimum absolute atomic E-state index is 0.230. The van der Waals surface area contributed by atoms with E-state index in [2.05, 4.69) is 37.2 Å². The number of anilines is 2. The van der Waals surface area contributed by atoms with E-state index >= 15 is 0 Å². The van der Waals surface area contributed by atoms with Crippen LogP contribution in [0, 0.1) is 20.8 Å². The summed E-state index contributed by atoms with van der Waals surface area (Å²) >= 11 is 6.74. The molecular weight excluding hydrogens is 388 g/mol. The van der Waals surface area contributed by atoms with Crippen LogP contribution in [0.3, 0.4) is 0 Å². The number of hydrogen-bond acceptors (Lipinski definition) is 3. The highest BCUT2D eigenvalue weighted by molar-refractivity contribution is 9.11. The summed E-state index contributed by atoms with van der Waals surface area (Å²) in [5.74, 6) is 1.12. The first-order chi connectivity index (χ1) is 9.31. The Morgan fingerprint density at radius 1 is 1.20 bits per heavy atom. The highest BCUT2D eigenvalue weighted by Gasteiger charge is 2.20. The topological polar surface area (TPSA) is 68.3 Å². The minimum Gasteiger partial charge on any atom is -0.466 e. The number of carbonyl (C=O) groups excluding carboxylic acids is 1. The molecule has 2 aromatic rings. The van der Waals surface area contributed by atoms with Crippen LogP contribution in [0.25, 0.3) is 0 Å². The van der Waals surface area contributed by atoms with Crippen LogP contribution in [0.5, 0.6) is 0 Å². The molecule has 106 valence electrons. The van der Waals surface area contributed by atoms with Gasteiger partial charge < -0.3 is 15.5 Å². The van der Waals surface area contributed by atoms with E-state index in [1.807, 2.05) is 19.9 Å². The van der Waals surface area contributed by atoms with Crippen molar-refractivity contribution in [3.05, 3.63) is 43.7 Å². The van der Waals surface area contributed by atoms with Crippen molar-refractivity contribution < 1.29 is 9.21 Å². The van der Waals surface area contributed by atoms with Crippen LogP contribution in [0.2, 0.25) is 0 Å². The van der Waals surface area contributed by atoms with Crippen molar-refractivity contribution in [3.63, 3.8) is 0 Å². The second-order valence-corrected chi connectivity index (χ2v) is 6.29. The maximum absolute atomic E-state index is 12.4. The molecule has 20 heavy (non-hydrogen) atoms. The molecule has 0 saturated carbocycles. The summed E-state index contributed by atoms with van der Waals surface area (Å²) in [5.41, 5.74) is 8.36. The largest absolute Gasteiger partial charge is 0.466 e. The molecule has 0 saturated heterocycles. The number of furan rings is 1. The molecule has 0 bridgehead atoms. The van der Waals surface area contributed by atoms with Crippen molar-refractivity contribution in [3.8, 4) is 0 Å². The smallest absolute Gasteiger partial charge is 0.259 e. The van der Waals surface area contributed by atoms with Gasteiger partial charge in [0.05, 0.1) is 16.9 Å². The van der Waals surface area contributed by atoms with Gasteiger partial charge in [0.1, 0.15) is 11.5 Å². The molecule has 2 rings (SSSR count). The van der Waals surface area contributed by atoms with Gasteiger partial charge in [-0.3, -0.25) is 4.79 Å². The molecule has 1 aromatic heterocycles. The molecule has 1 aromatic carbocycles. The van der Waals surface area contributed by atoms with Gasteiger partial charge in [-0.25, -0.2) is 0 Å². The van der Waals surface area contributed by atoms with Crippen LogP contribution in [0.1, 0.15) is 27.4 Å². The Morgan fingerprint density at radius 2 is 1.85 bits per heavy atom. The van der Waals surface area contributed by atoms with Crippen LogP contribution in [0.4, 0.5) is 11.4 Å². The molecule has 0 aliphatic rings. The molecule has 1 amide bonds. The summed E-state index contributed by atoms with van der Waals surface area (Å²) in [6.45, 7) is 5.47. The SMILES string of the molecule is Cc1oc(C)c(C(=O)Nc2c(N)cc(Br)cc2Br)c1C. The lowest BCUT2D eigenvalue weighted by atomic mass is 10.1. The molecule has 0 aliphatic heterocycles. The van der Waals surface area contributed by atoms with Gasteiger partial charge in [0.2, 0.25) is 0 Å². The Kier molecular flexibility index (Phi) is 4.25. The molecule has 0 spiro atoms. The van der Waals surface area contributed by atoms with Gasteiger partial charge in [-0.1, -0.05) is 15.9 Å². The van der Waals surface area contributed by atoms with Crippen molar-refractivity contribution in [1.29, 1.82) is 0 Å². The Morgan fingerprint density at radius 3 is 2.35 bits per heavy atom. The van der Waals surface area contributed by atoms with E-state index in [-0.39, 0.29) is 5.91 Å². The second-order valence-electron chi connectivity index (χ2n) is 4.52. The Balaban J connectivity index is 2.38. The standard InChI is InChI=1S/C14H14Br2N2O2/c1-6-7(2)20-8(3)12(6)14(19)18-13-10(16)4-9(15)5-11(13)17/h4-5H,17H2,1-3H3,(H,18,19). The monoisotopic (exact) mass is 400 g/mol. The average Bonchev–Trinajstić information content (AvgIpc) is 2.58. The van der Waals surface area contributed by atoms with Gasteiger partial charge >= 0.3 is 0 Å². The fourth-order valence-electron chi connectivity index (χ4n) is 2.03. The predicted octanol–water partition coefficient (Wildman–Crippen LogP) is 4.56. The number of aryl methyl sites for hydroxylation is 2. The molecular formula is C14H14Br2N2O2. The van der Waals surface area contributed by atoms with Gasteiger partial charge in [0.15, 0.2) is 0 Å². The average molecular weight is 402 g/mol. The summed E-state index contributed by atoms with van der Waals surface area (Å²) in [4.78, 5) is 12.4. The molecule has 6 heteroatoms. The zero-order chi connectivity index (χ0) is 15.0. The fraction of sp³-hybridized carbons (Fsp3) is 0.214. The minimum atomic E-state index is -0.230. The lowest BCUT2D eigenvalue weighted by Gasteiger charge is -2.11. The van der Waals surface area contributed by atoms with Crippen molar-refractivity contribution >= 4 is 49.1 Å². The van der Waals surface area contributed by atoms with Gasteiger partial charge in [-0.2, -0.15) is 0 Å². The Hall–Kier alpha value is -1.27. The molecule has 0 fully saturated rings. The van der Waals surface area contributed by atoms with E-state index in [1.165, 1.54) is 0 Å². The van der Waals surface area contributed by atoms with E-state index in [0.717, 1.165) is 15.8 Å². The number of benzene rings is 1. The fourth-order valence-corrected chi connectivity index (χ4v) is 3.39. The number of nitrogens with two attached hydrogens (primary N) is 1. The van der Waals surface area contributed by atoms with Crippen LogP contribution >= 0.6 is 31.9 Å². The lowest BCUT2D eigenvalue weighted by molar-refractivity contribution is 0.102. The van der Waals surface area contributed by atoms with Gasteiger partial charge in [0, 0.05) is 14.5 Å². The number of nitrogens with one attached hydrogen (secondary N) is 1. The normalized spacial score (nSPS) is 10.7. The van der Waals surface area contributed by atoms with Crippen molar-refractivity contribution in [1.82, 2.24) is 0 Å². The molecule has 0 radical (unpaired) electrons. The number of amides is 1. The second kappa shape index (κ2) is 5.61. The van der Waals surface area contributed by atoms with E-state index in [9.17, 15) is 4.79 Å². The Labute approximate surface area is 134 Å². The van der Waals surface area contributed by atoms with Gasteiger partial charge in [-0.05, 0) is 48.8 Å². The van der Waals surface area contributed by atoms with E-state index < -0.39 is 0 Å². The maximum Gasteiger partial charge on any atom is 0.259 e. The molecule has 3 N–H and O–H groups in total. The number of rotatable bonds is 2. The molecule has 0 aliphatic carbocycles. The zero-order valence-corrected chi connectivity index (χ0v) is 14.5. The van der Waals surface area contributed by atoms with Crippen LogP contribution in [-0.2, 0) is 0 Å². The third-order valence-corrected chi connectivity index (χ3v) is 4.20. The number of nitrogen functional groups attached to an aromatic ring is 1. The summed E-state index contributed by atoms with van der Waals surface area (Å²) in [5, 5.41) is 2.83. The molecule has 0 atom stereocenters. The number of hydrogen-bond donors (Lipinski definition) is 2. The number of carbonyl (C=O) groups is 1. The van der Waals surface area contributed by atoms with E-state index in [4.69, 9.17) is 10.2 Å². The summed E-state index contributed by atoms with van der Waals surface area (Å²) in [7, 11) is 0. The van der Waals surface area contributed by atoms with Crippen molar-refractivity contribution in [2.24, 2.45) is 0 Å². The first kappa shape index (κ1) is 15.1. The lowest BCUT2D eigenvalue weighted by Crippen LogP contribution is -2.15. The predicted molar refractivity (Wildman–Crippen MR) is 87.1 cm³/mol. The third-order valence-electron chi connectivity index (χ3n) is 3.11. The van der Waals surface area contributed by atoms with Crippen LogP contribution in [0.15, 0.2) is 25.5 Å². The first-order valence-corrected chi connectivity index (χ1v) is 7.52. The molecule has 0 unspecified atom stereocenters. The molecule has 1 heterocycles. The quantitative estimate of drug-likeness (QED) is 0.724. The van der Waals surface area contributed by atoms with E-state index in [1.54, 1.807) is 13.0 Å². The first-order valence-electron chi connectivity index (χ1n) is 5.93. The van der Waals surface area contributed by atoms with Crippen molar-refractivity contribution in [2.75, 3.05) is 11.1 Å². The maximum atomic E-state index is 12.4. The van der Waals surface area contributed by atoms with Crippen molar-refractivity contribution in [2.45, 2.75) is 20.8 Å².